The molecule has 1 aromatic carbocycles. The van der Waals surface area contributed by atoms with Crippen LogP contribution in [0.1, 0.15) is 11.1 Å². The summed E-state index contributed by atoms with van der Waals surface area (Å²) in [5.74, 6) is -0.0972. The molecule has 1 heterocycles. The van der Waals surface area contributed by atoms with Crippen molar-refractivity contribution in [3.63, 3.8) is 0 Å². The molecule has 1 aliphatic carbocycles. The Morgan fingerprint density at radius 2 is 2.15 bits per heavy atom. The van der Waals surface area contributed by atoms with Crippen molar-refractivity contribution < 1.29 is 23.8 Å². The second kappa shape index (κ2) is 4.77. The van der Waals surface area contributed by atoms with Gasteiger partial charge in [-0.1, -0.05) is 0 Å². The van der Waals surface area contributed by atoms with E-state index < -0.39 is 6.09 Å². The molecule has 1 atom stereocenters. The summed E-state index contributed by atoms with van der Waals surface area (Å²) in [6.07, 6.45) is 0.641. The molecule has 1 unspecified atom stereocenters. The predicted octanol–water partition coefficient (Wildman–Crippen LogP) is 1.48. The van der Waals surface area contributed by atoms with Crippen LogP contribution < -0.4 is 4.74 Å². The first-order chi connectivity index (χ1) is 9.56. The van der Waals surface area contributed by atoms with Crippen LogP contribution in [0.15, 0.2) is 12.1 Å². The van der Waals surface area contributed by atoms with Gasteiger partial charge >= 0.3 is 6.09 Å². The minimum Gasteiger partial charge on any atom is -0.487 e. The summed E-state index contributed by atoms with van der Waals surface area (Å²) in [4.78, 5) is 22.7. The van der Waals surface area contributed by atoms with Crippen molar-refractivity contribution in [2.24, 2.45) is 5.92 Å². The maximum absolute atomic E-state index is 13.9. The number of nitrogens with zero attached hydrogens (tertiary/aromatic N) is 1. The highest BCUT2D eigenvalue weighted by Crippen LogP contribution is 2.32. The minimum atomic E-state index is -0.973. The van der Waals surface area contributed by atoms with Crippen LogP contribution >= 0.6 is 0 Å². The van der Waals surface area contributed by atoms with Crippen molar-refractivity contribution in [1.82, 2.24) is 4.90 Å². The van der Waals surface area contributed by atoms with Crippen molar-refractivity contribution in [2.75, 3.05) is 13.1 Å². The Balaban J connectivity index is 1.69. The average molecular weight is 279 g/mol. The summed E-state index contributed by atoms with van der Waals surface area (Å²) in [7, 11) is 0. The first-order valence-corrected chi connectivity index (χ1v) is 6.48. The van der Waals surface area contributed by atoms with E-state index in [0.717, 1.165) is 11.8 Å². The van der Waals surface area contributed by atoms with Gasteiger partial charge in [-0.25, -0.2) is 9.18 Å². The van der Waals surface area contributed by atoms with Gasteiger partial charge in [-0.2, -0.15) is 0 Å². The van der Waals surface area contributed by atoms with Crippen LogP contribution in [-0.2, 0) is 17.6 Å². The first kappa shape index (κ1) is 12.9. The Morgan fingerprint density at radius 3 is 2.80 bits per heavy atom. The number of hydrogen-bond acceptors (Lipinski definition) is 3. The summed E-state index contributed by atoms with van der Waals surface area (Å²) < 4.78 is 19.5. The van der Waals surface area contributed by atoms with Gasteiger partial charge in [0.2, 0.25) is 0 Å². The smallest absolute Gasteiger partial charge is 0.407 e. The number of carboxylic acid groups (broad SMARTS) is 1. The largest absolute Gasteiger partial charge is 0.487 e. The van der Waals surface area contributed by atoms with Gasteiger partial charge in [0.05, 0.1) is 13.1 Å². The second-order valence-corrected chi connectivity index (χ2v) is 5.27. The van der Waals surface area contributed by atoms with Gasteiger partial charge in [-0.3, -0.25) is 0 Å². The second-order valence-electron chi connectivity index (χ2n) is 5.27. The maximum Gasteiger partial charge on any atom is 0.407 e. The lowest BCUT2D eigenvalue weighted by Gasteiger charge is -2.36. The van der Waals surface area contributed by atoms with Gasteiger partial charge in [0.1, 0.15) is 24.0 Å². The molecule has 106 valence electrons. The zero-order valence-corrected chi connectivity index (χ0v) is 10.7. The molecule has 0 saturated carbocycles. The molecule has 1 amide bonds. The number of benzene rings is 1. The van der Waals surface area contributed by atoms with Crippen molar-refractivity contribution in [3.05, 3.63) is 29.1 Å². The number of halogens is 1. The molecule has 20 heavy (non-hydrogen) atoms. The van der Waals surface area contributed by atoms with E-state index in [0.29, 0.717) is 37.2 Å². The van der Waals surface area contributed by atoms with Crippen molar-refractivity contribution in [2.45, 2.75) is 18.9 Å². The van der Waals surface area contributed by atoms with E-state index in [-0.39, 0.29) is 17.8 Å². The minimum absolute atomic E-state index is 0.152. The van der Waals surface area contributed by atoms with E-state index in [9.17, 15) is 14.0 Å². The van der Waals surface area contributed by atoms with E-state index in [1.807, 2.05) is 0 Å². The third-order valence-corrected chi connectivity index (χ3v) is 3.82. The molecule has 1 N–H and O–H groups in total. The van der Waals surface area contributed by atoms with E-state index in [4.69, 9.17) is 9.84 Å². The molecule has 1 fully saturated rings. The van der Waals surface area contributed by atoms with Crippen molar-refractivity contribution in [3.8, 4) is 5.75 Å². The van der Waals surface area contributed by atoms with E-state index >= 15 is 0 Å². The van der Waals surface area contributed by atoms with E-state index in [2.05, 4.69) is 0 Å². The Morgan fingerprint density at radius 1 is 1.40 bits per heavy atom. The molecule has 3 rings (SSSR count). The Kier molecular flexibility index (Phi) is 3.08. The molecule has 0 bridgehead atoms. The number of hydrogen-bond donors (Lipinski definition) is 1. The van der Waals surface area contributed by atoms with Crippen LogP contribution in [0.5, 0.6) is 5.75 Å². The topological polar surface area (TPSA) is 66.8 Å². The summed E-state index contributed by atoms with van der Waals surface area (Å²) in [5, 5.41) is 8.72. The van der Waals surface area contributed by atoms with Crippen LogP contribution in [0.2, 0.25) is 0 Å². The lowest BCUT2D eigenvalue weighted by atomic mass is 10.1. The third kappa shape index (κ3) is 2.21. The number of carbonyl (C=O) groups is 2. The lowest BCUT2D eigenvalue weighted by molar-refractivity contribution is -0.110. The van der Waals surface area contributed by atoms with E-state index in [1.54, 1.807) is 6.07 Å². The molecule has 2 aliphatic rings. The average Bonchev–Trinajstić information content (AvgIpc) is 2.76. The van der Waals surface area contributed by atoms with Crippen molar-refractivity contribution >= 4 is 12.4 Å². The maximum atomic E-state index is 13.9. The summed E-state index contributed by atoms with van der Waals surface area (Å²) in [6.45, 7) is 0.593. The molecule has 0 radical (unpaired) electrons. The van der Waals surface area contributed by atoms with Crippen LogP contribution in [0.4, 0.5) is 9.18 Å². The van der Waals surface area contributed by atoms with Gasteiger partial charge in [0.15, 0.2) is 0 Å². The predicted molar refractivity (Wildman–Crippen MR) is 67.4 cm³/mol. The standard InChI is InChI=1S/C14H14FNO4/c15-13-4-10(20-11-5-16(6-11)14(18)19)3-9-1-8(7-17)2-12(9)13/h3-4,7-8,11H,1-2,5-6H2,(H,18,19). The number of fused-ring (bicyclic) bond motifs is 1. The quantitative estimate of drug-likeness (QED) is 0.851. The fourth-order valence-corrected chi connectivity index (χ4v) is 2.72. The molecule has 1 aliphatic heterocycles. The van der Waals surface area contributed by atoms with Gasteiger partial charge in [-0.05, 0) is 30.0 Å². The fourth-order valence-electron chi connectivity index (χ4n) is 2.72. The Labute approximate surface area is 114 Å². The van der Waals surface area contributed by atoms with Gasteiger partial charge < -0.3 is 19.5 Å². The van der Waals surface area contributed by atoms with Crippen LogP contribution in [-0.4, -0.2) is 41.6 Å². The van der Waals surface area contributed by atoms with Crippen LogP contribution in [0, 0.1) is 11.7 Å². The summed E-state index contributed by atoms with van der Waals surface area (Å²) in [6, 6.07) is 3.07. The van der Waals surface area contributed by atoms with E-state index in [1.165, 1.54) is 11.0 Å². The molecular weight excluding hydrogens is 265 g/mol. The number of carbonyl (C=O) groups excluding carboxylic acids is 1. The molecule has 6 heteroatoms. The molecular formula is C14H14FNO4. The highest BCUT2D eigenvalue weighted by molar-refractivity contribution is 5.66. The number of rotatable bonds is 3. The molecule has 0 spiro atoms. The normalized spacial score (nSPS) is 21.2. The molecule has 1 aromatic rings. The fraction of sp³-hybridized carbons (Fsp3) is 0.429. The summed E-state index contributed by atoms with van der Waals surface area (Å²) >= 11 is 0. The molecule has 1 saturated heterocycles. The number of likely N-dealkylation sites (tertiary alicyclic amines) is 1. The molecule has 0 aromatic heterocycles. The Hall–Kier alpha value is -2.11. The number of ether oxygens (including phenoxy) is 1. The zero-order chi connectivity index (χ0) is 14.3. The third-order valence-electron chi connectivity index (χ3n) is 3.82. The van der Waals surface area contributed by atoms with Crippen LogP contribution in [0.3, 0.4) is 0 Å². The summed E-state index contributed by atoms with van der Waals surface area (Å²) in [5.41, 5.74) is 1.40. The van der Waals surface area contributed by atoms with Crippen molar-refractivity contribution in [1.29, 1.82) is 0 Å². The molecule has 5 nitrogen and oxygen atoms in total. The number of aldehydes is 1. The Bertz CT molecular complexity index is 569. The number of amides is 1. The SMILES string of the molecule is O=CC1Cc2cc(OC3CN(C(=O)O)C3)cc(F)c2C1. The highest BCUT2D eigenvalue weighted by Gasteiger charge is 2.33. The highest BCUT2D eigenvalue weighted by atomic mass is 19.1. The van der Waals surface area contributed by atoms with Gasteiger partial charge in [0, 0.05) is 12.0 Å². The monoisotopic (exact) mass is 279 g/mol. The van der Waals surface area contributed by atoms with Gasteiger partial charge in [-0.15, -0.1) is 0 Å². The van der Waals surface area contributed by atoms with Crippen LogP contribution in [0.25, 0.3) is 0 Å². The van der Waals surface area contributed by atoms with Gasteiger partial charge in [0.25, 0.3) is 0 Å². The zero-order valence-electron chi connectivity index (χ0n) is 10.7. The lowest BCUT2D eigenvalue weighted by Crippen LogP contribution is -2.55. The first-order valence-electron chi connectivity index (χ1n) is 6.48.